The van der Waals surface area contributed by atoms with Crippen LogP contribution in [0, 0.1) is 0 Å². The molecule has 24 heavy (non-hydrogen) atoms. The topological polar surface area (TPSA) is 101 Å². The Morgan fingerprint density at radius 2 is 2.00 bits per heavy atom. The van der Waals surface area contributed by atoms with Crippen LogP contribution in [0.25, 0.3) is 0 Å². The summed E-state index contributed by atoms with van der Waals surface area (Å²) in [6.45, 7) is 5.75. The molecule has 0 bridgehead atoms. The molecule has 0 saturated heterocycles. The third kappa shape index (κ3) is 7.47. The molecule has 0 unspecified atom stereocenters. The van der Waals surface area contributed by atoms with E-state index in [2.05, 4.69) is 26.1 Å². The van der Waals surface area contributed by atoms with E-state index >= 15 is 0 Å². The van der Waals surface area contributed by atoms with Gasteiger partial charge in [-0.3, -0.25) is 9.79 Å². The lowest BCUT2D eigenvalue weighted by molar-refractivity contribution is -0.120. The Balaban J connectivity index is 0.00000529. The first-order chi connectivity index (χ1) is 11.2. The highest BCUT2D eigenvalue weighted by molar-refractivity contribution is 14.0. The fourth-order valence-electron chi connectivity index (χ4n) is 2.05. The largest absolute Gasteiger partial charge is 0.383 e. The maximum absolute atomic E-state index is 11.6. The minimum atomic E-state index is -0.113. The minimum Gasteiger partial charge on any atom is -0.383 e. The standard InChI is InChI=1S/C15H27N5O3.HI/c1-5-12-11(13(6-2)23-20-12)9-18-15(16-3)19-10-14(21)17-7-8-22-4;/h5-10H2,1-4H3,(H,17,21)(H2,16,18,19);1H. The van der Waals surface area contributed by atoms with Crippen LogP contribution >= 0.6 is 24.0 Å². The first-order valence-corrected chi connectivity index (χ1v) is 7.82. The van der Waals surface area contributed by atoms with Gasteiger partial charge in [-0.05, 0) is 6.42 Å². The maximum Gasteiger partial charge on any atom is 0.239 e. The summed E-state index contributed by atoms with van der Waals surface area (Å²) >= 11 is 0. The van der Waals surface area contributed by atoms with Crippen LogP contribution in [0.2, 0.25) is 0 Å². The first kappa shape index (κ1) is 22.6. The highest BCUT2D eigenvalue weighted by Crippen LogP contribution is 2.15. The van der Waals surface area contributed by atoms with E-state index in [1.54, 1.807) is 14.2 Å². The van der Waals surface area contributed by atoms with Crippen LogP contribution in [0.15, 0.2) is 9.52 Å². The first-order valence-electron chi connectivity index (χ1n) is 7.82. The van der Waals surface area contributed by atoms with Crippen molar-refractivity contribution < 1.29 is 14.1 Å². The van der Waals surface area contributed by atoms with E-state index in [1.165, 1.54) is 0 Å². The van der Waals surface area contributed by atoms with Crippen molar-refractivity contribution in [2.45, 2.75) is 33.2 Å². The van der Waals surface area contributed by atoms with Gasteiger partial charge in [0.25, 0.3) is 0 Å². The van der Waals surface area contributed by atoms with Crippen LogP contribution in [0.1, 0.15) is 30.9 Å². The lowest BCUT2D eigenvalue weighted by atomic mass is 10.1. The molecule has 0 aliphatic rings. The summed E-state index contributed by atoms with van der Waals surface area (Å²) in [4.78, 5) is 15.7. The molecule has 1 rings (SSSR count). The quantitative estimate of drug-likeness (QED) is 0.222. The maximum atomic E-state index is 11.6. The number of carbonyl (C=O) groups excluding carboxylic acids is 1. The number of hydrogen-bond donors (Lipinski definition) is 3. The predicted octanol–water partition coefficient (Wildman–Crippen LogP) is 0.845. The van der Waals surface area contributed by atoms with Crippen LogP contribution < -0.4 is 16.0 Å². The lowest BCUT2D eigenvalue weighted by Gasteiger charge is -2.12. The SMILES string of the molecule is CCc1noc(CC)c1CNC(=NC)NCC(=O)NCCOC.I. The van der Waals surface area contributed by atoms with Gasteiger partial charge < -0.3 is 25.2 Å². The van der Waals surface area contributed by atoms with E-state index in [9.17, 15) is 4.79 Å². The predicted molar refractivity (Wildman–Crippen MR) is 104 cm³/mol. The number of carbonyl (C=O) groups is 1. The Hall–Kier alpha value is -1.36. The molecule has 1 heterocycles. The molecule has 0 spiro atoms. The molecule has 0 saturated carbocycles. The van der Waals surface area contributed by atoms with E-state index in [1.807, 2.05) is 13.8 Å². The number of methoxy groups -OCH3 is 1. The summed E-state index contributed by atoms with van der Waals surface area (Å²) in [5.74, 6) is 1.32. The van der Waals surface area contributed by atoms with E-state index in [0.717, 1.165) is 29.9 Å². The van der Waals surface area contributed by atoms with E-state index in [4.69, 9.17) is 9.26 Å². The zero-order chi connectivity index (χ0) is 17.1. The van der Waals surface area contributed by atoms with Crippen molar-refractivity contribution in [2.24, 2.45) is 4.99 Å². The van der Waals surface area contributed by atoms with Gasteiger partial charge in [0.15, 0.2) is 5.96 Å². The van der Waals surface area contributed by atoms with Crippen LogP contribution in [0.4, 0.5) is 0 Å². The van der Waals surface area contributed by atoms with Crippen molar-refractivity contribution in [3.8, 4) is 0 Å². The number of aryl methyl sites for hydroxylation is 2. The number of amides is 1. The number of rotatable bonds is 9. The zero-order valence-corrected chi connectivity index (χ0v) is 17.1. The van der Waals surface area contributed by atoms with Crippen LogP contribution in [-0.2, 0) is 28.9 Å². The van der Waals surface area contributed by atoms with Crippen LogP contribution in [0.5, 0.6) is 0 Å². The molecule has 138 valence electrons. The average molecular weight is 453 g/mol. The lowest BCUT2D eigenvalue weighted by Crippen LogP contribution is -2.43. The van der Waals surface area contributed by atoms with E-state index in [0.29, 0.717) is 25.7 Å². The molecule has 0 aliphatic carbocycles. The molecule has 9 heteroatoms. The Morgan fingerprint density at radius 3 is 2.58 bits per heavy atom. The highest BCUT2D eigenvalue weighted by atomic mass is 127. The summed E-state index contributed by atoms with van der Waals surface area (Å²) in [6, 6.07) is 0. The number of halogens is 1. The number of hydrogen-bond acceptors (Lipinski definition) is 5. The summed E-state index contributed by atoms with van der Waals surface area (Å²) in [6.07, 6.45) is 1.60. The Kier molecular flexibility index (Phi) is 12.3. The van der Waals surface area contributed by atoms with Crippen molar-refractivity contribution in [3.63, 3.8) is 0 Å². The summed E-state index contributed by atoms with van der Waals surface area (Å²) in [5.41, 5.74) is 2.00. The van der Waals surface area contributed by atoms with Gasteiger partial charge in [0.1, 0.15) is 5.76 Å². The summed E-state index contributed by atoms with van der Waals surface area (Å²) in [7, 11) is 3.25. The molecule has 1 aromatic heterocycles. The number of aromatic nitrogens is 1. The molecule has 0 fully saturated rings. The van der Waals surface area contributed by atoms with Crippen molar-refractivity contribution in [2.75, 3.05) is 33.9 Å². The summed E-state index contributed by atoms with van der Waals surface area (Å²) in [5, 5.41) is 13.0. The fourth-order valence-corrected chi connectivity index (χ4v) is 2.05. The number of ether oxygens (including phenoxy) is 1. The number of guanidine groups is 1. The van der Waals surface area contributed by atoms with Crippen molar-refractivity contribution >= 4 is 35.8 Å². The van der Waals surface area contributed by atoms with Gasteiger partial charge in [-0.25, -0.2) is 0 Å². The fraction of sp³-hybridized carbons (Fsp3) is 0.667. The zero-order valence-electron chi connectivity index (χ0n) is 14.8. The third-order valence-corrected chi connectivity index (χ3v) is 3.31. The molecular formula is C15H28IN5O3. The number of nitrogens with one attached hydrogen (secondary N) is 3. The molecule has 1 aromatic rings. The second-order valence-corrected chi connectivity index (χ2v) is 4.86. The van der Waals surface area contributed by atoms with E-state index in [-0.39, 0.29) is 36.4 Å². The molecule has 3 N–H and O–H groups in total. The van der Waals surface area contributed by atoms with Crippen molar-refractivity contribution in [1.29, 1.82) is 0 Å². The second kappa shape index (κ2) is 13.0. The monoisotopic (exact) mass is 453 g/mol. The Morgan fingerprint density at radius 1 is 1.25 bits per heavy atom. The molecule has 1 amide bonds. The van der Waals surface area contributed by atoms with Gasteiger partial charge >= 0.3 is 0 Å². The van der Waals surface area contributed by atoms with Crippen molar-refractivity contribution in [3.05, 3.63) is 17.0 Å². The average Bonchev–Trinajstić information content (AvgIpc) is 2.97. The molecule has 0 atom stereocenters. The highest BCUT2D eigenvalue weighted by Gasteiger charge is 2.13. The van der Waals surface area contributed by atoms with Gasteiger partial charge in [0, 0.05) is 39.2 Å². The Bertz CT molecular complexity index is 498. The van der Waals surface area contributed by atoms with Gasteiger partial charge in [-0.15, -0.1) is 24.0 Å². The molecule has 0 radical (unpaired) electrons. The van der Waals surface area contributed by atoms with Gasteiger partial charge in [0.05, 0.1) is 18.8 Å². The summed E-state index contributed by atoms with van der Waals surface area (Å²) < 4.78 is 10.2. The van der Waals surface area contributed by atoms with Crippen molar-refractivity contribution in [1.82, 2.24) is 21.1 Å². The van der Waals surface area contributed by atoms with Crippen LogP contribution in [-0.4, -0.2) is 50.9 Å². The smallest absolute Gasteiger partial charge is 0.239 e. The second-order valence-electron chi connectivity index (χ2n) is 4.86. The Labute approximate surface area is 160 Å². The van der Waals surface area contributed by atoms with Gasteiger partial charge in [-0.1, -0.05) is 19.0 Å². The number of aliphatic imine (C=N–C) groups is 1. The minimum absolute atomic E-state index is 0. The molecule has 8 nitrogen and oxygen atoms in total. The number of nitrogens with zero attached hydrogens (tertiary/aromatic N) is 2. The normalized spacial score (nSPS) is 10.9. The third-order valence-electron chi connectivity index (χ3n) is 3.31. The molecule has 0 aliphatic heterocycles. The van der Waals surface area contributed by atoms with E-state index < -0.39 is 0 Å². The molecular weight excluding hydrogens is 425 g/mol. The van der Waals surface area contributed by atoms with Crippen LogP contribution in [0.3, 0.4) is 0 Å². The van der Waals surface area contributed by atoms with Gasteiger partial charge in [-0.2, -0.15) is 0 Å². The molecule has 0 aromatic carbocycles. The van der Waals surface area contributed by atoms with Gasteiger partial charge in [0.2, 0.25) is 5.91 Å².